The molecule has 108 valence electrons. The minimum Gasteiger partial charge on any atom is -0.345 e. The van der Waals surface area contributed by atoms with Gasteiger partial charge in [-0.25, -0.2) is 4.39 Å². The number of nitrogens with one attached hydrogen (secondary N) is 1. The van der Waals surface area contributed by atoms with E-state index < -0.39 is 0 Å². The maximum Gasteiger partial charge on any atom is 0.244 e. The minimum absolute atomic E-state index is 0.284. The van der Waals surface area contributed by atoms with Gasteiger partial charge in [-0.15, -0.1) is 10.2 Å². The smallest absolute Gasteiger partial charge is 0.244 e. The number of halogens is 1. The Hall–Kier alpha value is -2.50. The maximum atomic E-state index is 13.4. The van der Waals surface area contributed by atoms with E-state index in [0.29, 0.717) is 12.1 Å². The molecule has 2 heterocycles. The first kappa shape index (κ1) is 13.5. The van der Waals surface area contributed by atoms with Crippen molar-refractivity contribution < 1.29 is 9.18 Å². The van der Waals surface area contributed by atoms with Gasteiger partial charge in [0.15, 0.2) is 5.82 Å². The highest BCUT2D eigenvalue weighted by molar-refractivity contribution is 5.91. The quantitative estimate of drug-likeness (QED) is 0.870. The Morgan fingerprint density at radius 1 is 1.38 bits per heavy atom. The summed E-state index contributed by atoms with van der Waals surface area (Å²) in [6, 6.07) is 6.31. The van der Waals surface area contributed by atoms with Crippen molar-refractivity contribution >= 4 is 12.0 Å². The summed E-state index contributed by atoms with van der Waals surface area (Å²) < 4.78 is 15.4. The average Bonchev–Trinajstić information content (AvgIpc) is 3.08. The molecule has 3 rings (SSSR count). The van der Waals surface area contributed by atoms with Gasteiger partial charge in [-0.3, -0.25) is 4.79 Å². The summed E-state index contributed by atoms with van der Waals surface area (Å²) >= 11 is 0. The molecular weight excluding hydrogens is 271 g/mol. The summed E-state index contributed by atoms with van der Waals surface area (Å²) in [5.41, 5.74) is 0.385. The lowest BCUT2D eigenvalue weighted by molar-refractivity contribution is -0.116. The van der Waals surface area contributed by atoms with Crippen LogP contribution in [0, 0.1) is 5.82 Å². The van der Waals surface area contributed by atoms with Crippen molar-refractivity contribution in [3.8, 4) is 0 Å². The van der Waals surface area contributed by atoms with Crippen molar-refractivity contribution in [2.24, 2.45) is 0 Å². The Labute approximate surface area is 121 Å². The number of carbonyl (C=O) groups excluding carboxylic acids is 1. The number of fused-ring (bicyclic) bond motifs is 1. The molecule has 5 nitrogen and oxygen atoms in total. The molecule has 0 atom stereocenters. The lowest BCUT2D eigenvalue weighted by atomic mass is 10.2. The molecule has 2 aromatic rings. The van der Waals surface area contributed by atoms with Crippen molar-refractivity contribution in [2.45, 2.75) is 25.9 Å². The second-order valence-electron chi connectivity index (χ2n) is 4.86. The fraction of sp³-hybridized carbons (Fsp3) is 0.267. The molecule has 21 heavy (non-hydrogen) atoms. The Morgan fingerprint density at radius 2 is 2.24 bits per heavy atom. The van der Waals surface area contributed by atoms with Crippen LogP contribution in [0.2, 0.25) is 0 Å². The lowest BCUT2D eigenvalue weighted by Crippen LogP contribution is -2.22. The number of amides is 1. The van der Waals surface area contributed by atoms with Crippen LogP contribution in [0.4, 0.5) is 4.39 Å². The van der Waals surface area contributed by atoms with E-state index in [4.69, 9.17) is 0 Å². The van der Waals surface area contributed by atoms with Gasteiger partial charge in [0.1, 0.15) is 11.6 Å². The molecule has 6 heteroatoms. The topological polar surface area (TPSA) is 59.8 Å². The van der Waals surface area contributed by atoms with Crippen LogP contribution < -0.4 is 5.32 Å². The van der Waals surface area contributed by atoms with Gasteiger partial charge in [0.25, 0.3) is 0 Å². The normalized spacial score (nSPS) is 13.6. The molecule has 0 spiro atoms. The molecule has 1 N–H and O–H groups in total. The van der Waals surface area contributed by atoms with Crippen LogP contribution in [0.15, 0.2) is 30.3 Å². The highest BCUT2D eigenvalue weighted by Gasteiger charge is 2.16. The number of benzene rings is 1. The molecule has 0 saturated carbocycles. The third kappa shape index (κ3) is 2.99. The van der Waals surface area contributed by atoms with Crippen LogP contribution in [0.3, 0.4) is 0 Å². The van der Waals surface area contributed by atoms with E-state index in [-0.39, 0.29) is 11.7 Å². The number of nitrogens with zero attached hydrogens (tertiary/aromatic N) is 3. The molecule has 1 aromatic heterocycles. The lowest BCUT2D eigenvalue weighted by Gasteiger charge is -2.03. The molecule has 1 aliphatic heterocycles. The fourth-order valence-corrected chi connectivity index (χ4v) is 2.34. The van der Waals surface area contributed by atoms with Crippen LogP contribution in [0.1, 0.15) is 23.6 Å². The summed E-state index contributed by atoms with van der Waals surface area (Å²) in [4.78, 5) is 11.7. The Balaban J connectivity index is 1.58. The summed E-state index contributed by atoms with van der Waals surface area (Å²) in [6.45, 7) is 1.23. The van der Waals surface area contributed by atoms with Crippen LogP contribution in [0.25, 0.3) is 6.08 Å². The van der Waals surface area contributed by atoms with Crippen LogP contribution >= 0.6 is 0 Å². The number of hydrogen-bond acceptors (Lipinski definition) is 3. The van der Waals surface area contributed by atoms with Crippen LogP contribution in [-0.2, 0) is 24.3 Å². The maximum absolute atomic E-state index is 13.4. The molecule has 1 aliphatic rings. The largest absolute Gasteiger partial charge is 0.345 e. The fourth-order valence-electron chi connectivity index (χ4n) is 2.34. The average molecular weight is 286 g/mol. The van der Waals surface area contributed by atoms with Gasteiger partial charge in [0, 0.05) is 24.6 Å². The third-order valence-corrected chi connectivity index (χ3v) is 3.43. The van der Waals surface area contributed by atoms with E-state index in [1.54, 1.807) is 18.2 Å². The number of hydrogen-bond donors (Lipinski definition) is 1. The minimum atomic E-state index is -0.350. The van der Waals surface area contributed by atoms with Crippen molar-refractivity contribution in [1.82, 2.24) is 20.1 Å². The first-order valence-electron chi connectivity index (χ1n) is 6.85. The van der Waals surface area contributed by atoms with Gasteiger partial charge < -0.3 is 9.88 Å². The van der Waals surface area contributed by atoms with E-state index in [9.17, 15) is 9.18 Å². The summed E-state index contributed by atoms with van der Waals surface area (Å²) in [7, 11) is 0. The number of carbonyl (C=O) groups is 1. The molecule has 0 aliphatic carbocycles. The molecule has 0 bridgehead atoms. The molecule has 0 radical (unpaired) electrons. The van der Waals surface area contributed by atoms with Gasteiger partial charge in [0.05, 0.1) is 6.54 Å². The van der Waals surface area contributed by atoms with Crippen molar-refractivity contribution in [2.75, 3.05) is 0 Å². The van der Waals surface area contributed by atoms with E-state index in [0.717, 1.165) is 31.0 Å². The van der Waals surface area contributed by atoms with Crippen molar-refractivity contribution in [3.63, 3.8) is 0 Å². The Bertz CT molecular complexity index is 693. The van der Waals surface area contributed by atoms with Gasteiger partial charge in [0.2, 0.25) is 5.91 Å². The van der Waals surface area contributed by atoms with E-state index in [1.807, 2.05) is 4.57 Å². The van der Waals surface area contributed by atoms with Crippen LogP contribution in [0.5, 0.6) is 0 Å². The monoisotopic (exact) mass is 286 g/mol. The molecule has 1 amide bonds. The molecule has 0 fully saturated rings. The molecule has 0 unspecified atom stereocenters. The zero-order valence-electron chi connectivity index (χ0n) is 11.4. The summed E-state index contributed by atoms with van der Waals surface area (Å²) in [6.07, 6.45) is 4.78. The van der Waals surface area contributed by atoms with Crippen molar-refractivity contribution in [3.05, 3.63) is 53.4 Å². The molecular formula is C15H15FN4O. The Morgan fingerprint density at radius 3 is 3.10 bits per heavy atom. The SMILES string of the molecule is O=C(C=Cc1ccccc1F)NCc1nnc2n1CCC2. The van der Waals surface area contributed by atoms with Gasteiger partial charge in [-0.2, -0.15) is 0 Å². The number of rotatable bonds is 4. The third-order valence-electron chi connectivity index (χ3n) is 3.43. The second-order valence-corrected chi connectivity index (χ2v) is 4.86. The van der Waals surface area contributed by atoms with Gasteiger partial charge in [-0.05, 0) is 18.6 Å². The van der Waals surface area contributed by atoms with E-state index in [2.05, 4.69) is 15.5 Å². The first-order valence-corrected chi connectivity index (χ1v) is 6.85. The van der Waals surface area contributed by atoms with Crippen molar-refractivity contribution in [1.29, 1.82) is 0 Å². The molecule has 1 aromatic carbocycles. The van der Waals surface area contributed by atoms with Gasteiger partial charge in [-0.1, -0.05) is 18.2 Å². The Kier molecular flexibility index (Phi) is 3.77. The van der Waals surface area contributed by atoms with Crippen LogP contribution in [-0.4, -0.2) is 20.7 Å². The first-order chi connectivity index (χ1) is 10.2. The predicted molar refractivity (Wildman–Crippen MR) is 75.6 cm³/mol. The van der Waals surface area contributed by atoms with E-state index >= 15 is 0 Å². The second kappa shape index (κ2) is 5.87. The zero-order valence-corrected chi connectivity index (χ0v) is 11.4. The standard InChI is InChI=1S/C15H15FN4O/c16-12-5-2-1-4-11(12)7-8-15(21)17-10-14-19-18-13-6-3-9-20(13)14/h1-2,4-5,7-8H,3,6,9-10H2,(H,17,21). The number of aromatic nitrogens is 3. The van der Waals surface area contributed by atoms with E-state index in [1.165, 1.54) is 18.2 Å². The zero-order chi connectivity index (χ0) is 14.7. The van der Waals surface area contributed by atoms with Gasteiger partial charge >= 0.3 is 0 Å². The number of aryl methyl sites for hydroxylation is 1. The molecule has 0 saturated heterocycles. The summed E-state index contributed by atoms with van der Waals surface area (Å²) in [5.74, 6) is 1.10. The highest BCUT2D eigenvalue weighted by Crippen LogP contribution is 2.13. The summed E-state index contributed by atoms with van der Waals surface area (Å²) in [5, 5.41) is 10.9. The predicted octanol–water partition coefficient (Wildman–Crippen LogP) is 1.69. The highest BCUT2D eigenvalue weighted by atomic mass is 19.1.